The number of hydrogen-bond acceptors (Lipinski definition) is 4. The van der Waals surface area contributed by atoms with Crippen molar-refractivity contribution in [2.24, 2.45) is 0 Å². The summed E-state index contributed by atoms with van der Waals surface area (Å²) in [5.41, 5.74) is 4.40. The van der Waals surface area contributed by atoms with Crippen molar-refractivity contribution in [3.05, 3.63) is 71.9 Å². The molecule has 22 heavy (non-hydrogen) atoms. The Morgan fingerprint density at radius 1 is 0.818 bits per heavy atom. The summed E-state index contributed by atoms with van der Waals surface area (Å²) < 4.78 is 0. The lowest BCUT2D eigenvalue weighted by Gasteiger charge is -2.10. The number of hydrogen-bond donors (Lipinski definition) is 2. The van der Waals surface area contributed by atoms with Crippen molar-refractivity contribution < 1.29 is 0 Å². The zero-order valence-corrected chi connectivity index (χ0v) is 12.7. The van der Waals surface area contributed by atoms with Crippen LogP contribution in [0.1, 0.15) is 11.1 Å². The van der Waals surface area contributed by atoms with Gasteiger partial charge in [0.05, 0.1) is 0 Å². The van der Waals surface area contributed by atoms with Gasteiger partial charge in [-0.3, -0.25) is 0 Å². The lowest BCUT2D eigenvalue weighted by atomic mass is 10.2. The molecular formula is C18H18N4. The molecule has 1 heterocycles. The molecule has 4 heteroatoms. The van der Waals surface area contributed by atoms with Gasteiger partial charge in [-0.2, -0.15) is 4.98 Å². The van der Waals surface area contributed by atoms with Gasteiger partial charge in [0.15, 0.2) is 0 Å². The predicted molar refractivity (Wildman–Crippen MR) is 91.0 cm³/mol. The van der Waals surface area contributed by atoms with Crippen LogP contribution in [0.4, 0.5) is 23.1 Å². The average molecular weight is 290 g/mol. The van der Waals surface area contributed by atoms with Crippen molar-refractivity contribution >= 4 is 23.1 Å². The van der Waals surface area contributed by atoms with Gasteiger partial charge < -0.3 is 10.6 Å². The minimum atomic E-state index is 0.575. The average Bonchev–Trinajstić information content (AvgIpc) is 2.52. The standard InChI is InChI=1S/C18H18N4/c1-13-7-9-15(10-8-13)20-17-11-12-19-18(22-17)21-16-6-4-3-5-14(16)2/h3-12H,1-2H3,(H2,19,20,21,22). The van der Waals surface area contributed by atoms with Crippen LogP contribution in [0.25, 0.3) is 0 Å². The van der Waals surface area contributed by atoms with E-state index in [0.717, 1.165) is 22.8 Å². The summed E-state index contributed by atoms with van der Waals surface area (Å²) in [5.74, 6) is 1.33. The molecule has 2 N–H and O–H groups in total. The maximum absolute atomic E-state index is 4.49. The Hall–Kier alpha value is -2.88. The minimum Gasteiger partial charge on any atom is -0.340 e. The molecule has 0 fully saturated rings. The van der Waals surface area contributed by atoms with Gasteiger partial charge in [0, 0.05) is 17.6 Å². The molecule has 1 aromatic heterocycles. The van der Waals surface area contributed by atoms with Gasteiger partial charge >= 0.3 is 0 Å². The molecule has 0 aliphatic carbocycles. The van der Waals surface area contributed by atoms with Gasteiger partial charge in [0.1, 0.15) is 5.82 Å². The maximum atomic E-state index is 4.49. The number of aryl methyl sites for hydroxylation is 2. The van der Waals surface area contributed by atoms with Crippen LogP contribution in [0, 0.1) is 13.8 Å². The van der Waals surface area contributed by atoms with Gasteiger partial charge in [0.2, 0.25) is 5.95 Å². The molecule has 2 aromatic carbocycles. The molecule has 0 saturated heterocycles. The van der Waals surface area contributed by atoms with Crippen LogP contribution in [-0.2, 0) is 0 Å². The molecule has 0 aliphatic heterocycles. The van der Waals surface area contributed by atoms with E-state index in [4.69, 9.17) is 0 Å². The number of anilines is 4. The third-order valence-corrected chi connectivity index (χ3v) is 3.37. The van der Waals surface area contributed by atoms with Gasteiger partial charge in [-0.15, -0.1) is 0 Å². The zero-order chi connectivity index (χ0) is 15.4. The van der Waals surface area contributed by atoms with Crippen LogP contribution < -0.4 is 10.6 Å². The number of aromatic nitrogens is 2. The molecule has 3 aromatic rings. The highest BCUT2D eigenvalue weighted by Crippen LogP contribution is 2.19. The molecule has 3 rings (SSSR count). The van der Waals surface area contributed by atoms with Gasteiger partial charge in [-0.1, -0.05) is 35.9 Å². The van der Waals surface area contributed by atoms with E-state index >= 15 is 0 Å². The largest absolute Gasteiger partial charge is 0.340 e. The summed E-state index contributed by atoms with van der Waals surface area (Å²) in [7, 11) is 0. The molecular weight excluding hydrogens is 272 g/mol. The van der Waals surface area contributed by atoms with Gasteiger partial charge in [-0.05, 0) is 43.7 Å². The summed E-state index contributed by atoms with van der Waals surface area (Å²) in [6.07, 6.45) is 1.74. The Morgan fingerprint density at radius 2 is 1.59 bits per heavy atom. The highest BCUT2D eigenvalue weighted by Gasteiger charge is 2.02. The number of nitrogens with zero attached hydrogens (tertiary/aromatic N) is 2. The van der Waals surface area contributed by atoms with E-state index < -0.39 is 0 Å². The monoisotopic (exact) mass is 290 g/mol. The number of rotatable bonds is 4. The highest BCUT2D eigenvalue weighted by molar-refractivity contribution is 5.61. The summed E-state index contributed by atoms with van der Waals surface area (Å²) >= 11 is 0. The fourth-order valence-electron chi connectivity index (χ4n) is 2.11. The quantitative estimate of drug-likeness (QED) is 0.738. The molecule has 0 bridgehead atoms. The van der Waals surface area contributed by atoms with E-state index in [1.165, 1.54) is 5.56 Å². The lowest BCUT2D eigenvalue weighted by Crippen LogP contribution is -2.01. The number of para-hydroxylation sites is 1. The molecule has 0 saturated carbocycles. The zero-order valence-electron chi connectivity index (χ0n) is 12.7. The minimum absolute atomic E-state index is 0.575. The van der Waals surface area contributed by atoms with Gasteiger partial charge in [0.25, 0.3) is 0 Å². The third kappa shape index (κ3) is 3.41. The Bertz CT molecular complexity index is 766. The Labute approximate surface area is 130 Å². The van der Waals surface area contributed by atoms with Crippen LogP contribution in [0.2, 0.25) is 0 Å². The van der Waals surface area contributed by atoms with Crippen molar-refractivity contribution in [2.75, 3.05) is 10.6 Å². The summed E-state index contributed by atoms with van der Waals surface area (Å²) in [4.78, 5) is 8.76. The molecule has 0 amide bonds. The van der Waals surface area contributed by atoms with E-state index in [9.17, 15) is 0 Å². The fraction of sp³-hybridized carbons (Fsp3) is 0.111. The first-order valence-electron chi connectivity index (χ1n) is 7.20. The SMILES string of the molecule is Cc1ccc(Nc2ccnc(Nc3ccccc3C)n2)cc1. The van der Waals surface area contributed by atoms with Gasteiger partial charge in [-0.25, -0.2) is 4.98 Å². The summed E-state index contributed by atoms with van der Waals surface area (Å²) in [6, 6.07) is 18.1. The van der Waals surface area contributed by atoms with Crippen LogP contribution in [0.3, 0.4) is 0 Å². The Balaban J connectivity index is 1.78. The van der Waals surface area contributed by atoms with E-state index in [1.54, 1.807) is 6.20 Å². The van der Waals surface area contributed by atoms with Crippen molar-refractivity contribution in [3.8, 4) is 0 Å². The van der Waals surface area contributed by atoms with E-state index in [0.29, 0.717) is 5.95 Å². The summed E-state index contributed by atoms with van der Waals surface area (Å²) in [6.45, 7) is 4.12. The van der Waals surface area contributed by atoms with E-state index in [1.807, 2.05) is 36.4 Å². The normalized spacial score (nSPS) is 10.3. The smallest absolute Gasteiger partial charge is 0.229 e. The Kier molecular flexibility index (Phi) is 4.01. The van der Waals surface area contributed by atoms with Crippen LogP contribution in [-0.4, -0.2) is 9.97 Å². The van der Waals surface area contributed by atoms with Crippen molar-refractivity contribution in [2.45, 2.75) is 13.8 Å². The van der Waals surface area contributed by atoms with E-state index in [-0.39, 0.29) is 0 Å². The first-order chi connectivity index (χ1) is 10.7. The molecule has 0 unspecified atom stereocenters. The van der Waals surface area contributed by atoms with Crippen LogP contribution >= 0.6 is 0 Å². The van der Waals surface area contributed by atoms with Crippen LogP contribution in [0.5, 0.6) is 0 Å². The van der Waals surface area contributed by atoms with Crippen molar-refractivity contribution in [1.82, 2.24) is 9.97 Å². The maximum Gasteiger partial charge on any atom is 0.229 e. The van der Waals surface area contributed by atoms with Crippen molar-refractivity contribution in [3.63, 3.8) is 0 Å². The van der Waals surface area contributed by atoms with Crippen molar-refractivity contribution in [1.29, 1.82) is 0 Å². The number of nitrogens with one attached hydrogen (secondary N) is 2. The molecule has 110 valence electrons. The highest BCUT2D eigenvalue weighted by atomic mass is 15.1. The molecule has 0 radical (unpaired) electrons. The topological polar surface area (TPSA) is 49.8 Å². The number of benzene rings is 2. The molecule has 4 nitrogen and oxygen atoms in total. The van der Waals surface area contributed by atoms with E-state index in [2.05, 4.69) is 52.6 Å². The molecule has 0 aliphatic rings. The second-order valence-corrected chi connectivity index (χ2v) is 5.20. The second kappa shape index (κ2) is 6.26. The third-order valence-electron chi connectivity index (χ3n) is 3.37. The lowest BCUT2D eigenvalue weighted by molar-refractivity contribution is 1.16. The summed E-state index contributed by atoms with van der Waals surface area (Å²) in [5, 5.41) is 6.53. The first kappa shape index (κ1) is 14.1. The van der Waals surface area contributed by atoms with Crippen LogP contribution in [0.15, 0.2) is 60.8 Å². The second-order valence-electron chi connectivity index (χ2n) is 5.20. The predicted octanol–water partition coefficient (Wildman–Crippen LogP) is 4.58. The Morgan fingerprint density at radius 3 is 2.36 bits per heavy atom. The fourth-order valence-corrected chi connectivity index (χ4v) is 2.11. The molecule has 0 spiro atoms. The first-order valence-corrected chi connectivity index (χ1v) is 7.20. The molecule has 0 atom stereocenters.